The Morgan fingerprint density at radius 1 is 1.12 bits per heavy atom. The van der Waals surface area contributed by atoms with E-state index in [0.29, 0.717) is 25.0 Å². The van der Waals surface area contributed by atoms with Crippen LogP contribution in [0.15, 0.2) is 36.5 Å². The molecule has 33 heavy (non-hydrogen) atoms. The summed E-state index contributed by atoms with van der Waals surface area (Å²) in [6.45, 7) is 8.69. The van der Waals surface area contributed by atoms with Gasteiger partial charge in [-0.25, -0.2) is 9.97 Å². The first-order valence-electron chi connectivity index (χ1n) is 11.9. The minimum Gasteiger partial charge on any atom is -0.400 e. The van der Waals surface area contributed by atoms with Crippen LogP contribution in [0.2, 0.25) is 0 Å². The molecule has 3 N–H and O–H groups in total. The summed E-state index contributed by atoms with van der Waals surface area (Å²) in [6.07, 6.45) is 6.86. The van der Waals surface area contributed by atoms with E-state index < -0.39 is 0 Å². The molecular weight excluding hydrogens is 416 g/mol. The summed E-state index contributed by atoms with van der Waals surface area (Å²) in [7, 11) is 1.00. The lowest BCUT2D eigenvalue weighted by molar-refractivity contribution is -0.136. The fraction of sp³-hybridized carbons (Fsp3) is 0.577. The Balaban J connectivity index is 0.000000323. The van der Waals surface area contributed by atoms with Gasteiger partial charge in [0.1, 0.15) is 0 Å². The lowest BCUT2D eigenvalue weighted by atomic mass is 9.93. The molecule has 0 bridgehead atoms. The van der Waals surface area contributed by atoms with E-state index >= 15 is 0 Å². The fourth-order valence-corrected chi connectivity index (χ4v) is 4.32. The third-order valence-electron chi connectivity index (χ3n) is 6.39. The van der Waals surface area contributed by atoms with E-state index in [2.05, 4.69) is 46.5 Å². The number of rotatable bonds is 4. The highest BCUT2D eigenvalue weighted by Gasteiger charge is 2.41. The molecule has 1 aromatic heterocycles. The van der Waals surface area contributed by atoms with Crippen molar-refractivity contribution in [1.82, 2.24) is 14.9 Å². The van der Waals surface area contributed by atoms with Crippen LogP contribution in [0, 0.1) is 0 Å². The number of hydrogen-bond donors (Lipinski definition) is 3. The van der Waals surface area contributed by atoms with Gasteiger partial charge in [0.05, 0.1) is 23.9 Å². The van der Waals surface area contributed by atoms with Crippen molar-refractivity contribution in [3.05, 3.63) is 53.3 Å². The Hall–Kier alpha value is -2.51. The third-order valence-corrected chi connectivity index (χ3v) is 6.39. The number of aliphatic hydroxyl groups is 2. The molecule has 1 aliphatic carbocycles. The molecule has 0 unspecified atom stereocenters. The molecule has 0 atom stereocenters. The average Bonchev–Trinajstić information content (AvgIpc) is 3.12. The number of aryl methyl sites for hydroxylation is 1. The number of carbonyl (C=O) groups is 1. The highest BCUT2D eigenvalue weighted by atomic mass is 16.3. The maximum atomic E-state index is 12.2. The van der Waals surface area contributed by atoms with Crippen molar-refractivity contribution in [2.45, 2.75) is 90.4 Å². The van der Waals surface area contributed by atoms with Crippen LogP contribution >= 0.6 is 0 Å². The topological polar surface area (TPSA) is 98.6 Å². The van der Waals surface area contributed by atoms with Crippen molar-refractivity contribution < 1.29 is 15.0 Å². The van der Waals surface area contributed by atoms with Gasteiger partial charge in [-0.05, 0) is 51.5 Å². The monoisotopic (exact) mass is 456 g/mol. The van der Waals surface area contributed by atoms with Crippen LogP contribution in [0.25, 0.3) is 0 Å². The summed E-state index contributed by atoms with van der Waals surface area (Å²) < 4.78 is 0. The number of benzene rings is 1. The Kier molecular flexibility index (Phi) is 10.3. The first-order chi connectivity index (χ1) is 15.8. The Morgan fingerprint density at radius 3 is 2.30 bits per heavy atom. The van der Waals surface area contributed by atoms with E-state index in [-0.39, 0.29) is 17.6 Å². The second-order valence-electron chi connectivity index (χ2n) is 8.94. The molecule has 7 heteroatoms. The molecule has 2 aliphatic rings. The summed E-state index contributed by atoms with van der Waals surface area (Å²) in [4.78, 5) is 23.2. The first-order valence-corrected chi connectivity index (χ1v) is 11.9. The molecule has 0 saturated heterocycles. The number of amides is 1. The van der Waals surface area contributed by atoms with Crippen LogP contribution in [0.5, 0.6) is 0 Å². The normalized spacial score (nSPS) is 20.5. The molecule has 2 heterocycles. The van der Waals surface area contributed by atoms with E-state index in [4.69, 9.17) is 5.11 Å². The molecule has 1 fully saturated rings. The molecule has 1 amide bonds. The number of carbonyl (C=O) groups excluding carboxylic acids is 1. The van der Waals surface area contributed by atoms with E-state index in [1.54, 1.807) is 0 Å². The molecule has 4 rings (SSSR count). The van der Waals surface area contributed by atoms with Crippen LogP contribution in [0.1, 0.15) is 76.6 Å². The van der Waals surface area contributed by atoms with Crippen molar-refractivity contribution in [2.75, 3.05) is 12.4 Å². The first kappa shape index (κ1) is 26.7. The van der Waals surface area contributed by atoms with Crippen LogP contribution in [0.4, 0.5) is 5.95 Å². The highest BCUT2D eigenvalue weighted by Crippen LogP contribution is 2.38. The van der Waals surface area contributed by atoms with Gasteiger partial charge in [-0.15, -0.1) is 0 Å². The fourth-order valence-electron chi connectivity index (χ4n) is 4.32. The third kappa shape index (κ3) is 6.98. The van der Waals surface area contributed by atoms with Gasteiger partial charge in [0.25, 0.3) is 0 Å². The molecule has 0 radical (unpaired) electrons. The number of fused-ring (bicyclic) bond motifs is 1. The molecule has 2 aromatic rings. The summed E-state index contributed by atoms with van der Waals surface area (Å²) in [5, 5.41) is 20.0. The maximum absolute atomic E-state index is 12.2. The van der Waals surface area contributed by atoms with Gasteiger partial charge in [-0.3, -0.25) is 4.79 Å². The Labute approximate surface area is 198 Å². The molecule has 182 valence electrons. The molecule has 7 nitrogen and oxygen atoms in total. The van der Waals surface area contributed by atoms with Crippen molar-refractivity contribution >= 4 is 11.9 Å². The summed E-state index contributed by atoms with van der Waals surface area (Å²) in [6, 6.07) is 10.8. The number of nitrogens with zero attached hydrogens (tertiary/aromatic N) is 3. The summed E-state index contributed by atoms with van der Waals surface area (Å²) in [5.74, 6) is 0.774. The molecule has 0 spiro atoms. The van der Waals surface area contributed by atoms with Gasteiger partial charge in [0.2, 0.25) is 11.9 Å². The van der Waals surface area contributed by atoms with E-state index in [1.807, 2.05) is 37.9 Å². The smallest absolute Gasteiger partial charge is 0.223 e. The number of aromatic nitrogens is 2. The number of anilines is 1. The van der Waals surface area contributed by atoms with Gasteiger partial charge >= 0.3 is 0 Å². The van der Waals surface area contributed by atoms with Gasteiger partial charge in [0.15, 0.2) is 0 Å². The summed E-state index contributed by atoms with van der Waals surface area (Å²) in [5.41, 5.74) is 3.03. The van der Waals surface area contributed by atoms with Gasteiger partial charge in [-0.2, -0.15) is 0 Å². The van der Waals surface area contributed by atoms with Crippen LogP contribution in [0.3, 0.4) is 0 Å². The quantitative estimate of drug-likeness (QED) is 0.642. The molecule has 1 aliphatic heterocycles. The zero-order chi connectivity index (χ0) is 24.4. The number of hydrogen-bond acceptors (Lipinski definition) is 6. The van der Waals surface area contributed by atoms with Crippen molar-refractivity contribution in [2.24, 2.45) is 0 Å². The summed E-state index contributed by atoms with van der Waals surface area (Å²) >= 11 is 0. The zero-order valence-electron chi connectivity index (χ0n) is 20.7. The Bertz CT molecular complexity index is 865. The lowest BCUT2D eigenvalue weighted by Gasteiger charge is -2.31. The molecule has 1 saturated carbocycles. The van der Waals surface area contributed by atoms with E-state index in [9.17, 15) is 9.90 Å². The second kappa shape index (κ2) is 12.7. The minimum absolute atomic E-state index is 0.142. The number of nitrogens with one attached hydrogen (secondary N) is 1. The van der Waals surface area contributed by atoms with Gasteiger partial charge in [-0.1, -0.05) is 44.2 Å². The van der Waals surface area contributed by atoms with Crippen molar-refractivity contribution in [3.63, 3.8) is 0 Å². The van der Waals surface area contributed by atoms with Crippen molar-refractivity contribution in [1.29, 1.82) is 0 Å². The molecular formula is C26H40N4O3. The van der Waals surface area contributed by atoms with Crippen LogP contribution in [-0.2, 0) is 23.3 Å². The minimum atomic E-state index is -0.351. The second-order valence-corrected chi connectivity index (χ2v) is 8.94. The predicted octanol–water partition coefficient (Wildman–Crippen LogP) is 4.04. The zero-order valence-corrected chi connectivity index (χ0v) is 20.7. The highest BCUT2D eigenvalue weighted by molar-refractivity contribution is 5.77. The lowest BCUT2D eigenvalue weighted by Crippen LogP contribution is -2.39. The van der Waals surface area contributed by atoms with E-state index in [0.717, 1.165) is 50.5 Å². The maximum Gasteiger partial charge on any atom is 0.223 e. The number of aliphatic hydroxyl groups excluding tert-OH is 2. The van der Waals surface area contributed by atoms with Crippen LogP contribution in [-0.4, -0.2) is 50.2 Å². The largest absolute Gasteiger partial charge is 0.400 e. The van der Waals surface area contributed by atoms with Crippen LogP contribution < -0.4 is 5.32 Å². The van der Waals surface area contributed by atoms with Crippen molar-refractivity contribution in [3.8, 4) is 0 Å². The SMILES string of the molecule is CCC(=O)N1Cc2nc(NC3CCC(O)CC3)ncc2C1(C)C.CCc1ccccc1.CO. The Morgan fingerprint density at radius 2 is 1.76 bits per heavy atom. The van der Waals surface area contributed by atoms with E-state index in [1.165, 1.54) is 5.56 Å². The predicted molar refractivity (Wildman–Crippen MR) is 132 cm³/mol. The standard InChI is InChI=1S/C17H26N4O2.C8H10.CH4O/c1-4-15(23)21-10-14-13(17(21,2)3)9-18-16(20-14)19-11-5-7-12(22)8-6-11;1-2-8-6-4-3-5-7-8;1-2/h9,11-12,22H,4-8,10H2,1-3H3,(H,18,19,20);3-7H,2H2,1H3;2H,1H3. The average molecular weight is 457 g/mol. The molecule has 1 aromatic carbocycles. The van der Waals surface area contributed by atoms with Gasteiger partial charge < -0.3 is 20.4 Å². The van der Waals surface area contributed by atoms with Gasteiger partial charge in [0, 0.05) is 31.3 Å².